The highest BCUT2D eigenvalue weighted by Crippen LogP contribution is 2.15. The molecule has 4 N–H and O–H groups in total. The molecule has 1 aromatic rings. The average molecular weight is 434 g/mol. The number of carboxylic acid groups (broad SMARTS) is 1. The van der Waals surface area contributed by atoms with Crippen LogP contribution in [0.5, 0.6) is 0 Å². The highest BCUT2D eigenvalue weighted by molar-refractivity contribution is 5.73. The second-order valence-corrected chi connectivity index (χ2v) is 6.96. The van der Waals surface area contributed by atoms with Crippen molar-refractivity contribution in [2.75, 3.05) is 18.1 Å². The monoisotopic (exact) mass is 434 g/mol. The van der Waals surface area contributed by atoms with E-state index in [4.69, 9.17) is 25.6 Å². The van der Waals surface area contributed by atoms with E-state index < -0.39 is 23.8 Å². The summed E-state index contributed by atoms with van der Waals surface area (Å²) in [5.41, 5.74) is 7.51. The number of hydrogen-bond acceptors (Lipinski definition) is 8. The zero-order valence-corrected chi connectivity index (χ0v) is 17.0. The molecule has 1 heterocycles. The van der Waals surface area contributed by atoms with Gasteiger partial charge < -0.3 is 15.6 Å². The molecule has 0 bridgehead atoms. The Morgan fingerprint density at radius 2 is 1.97 bits per heavy atom. The number of nitriles is 1. The molecule has 1 rings (SSSR count). The Balaban J connectivity index is 0.00000103. The molecule has 0 aliphatic carbocycles. The number of nitrogens with one attached hydrogen (secondary N) is 1. The maximum atomic E-state index is 12.1. The molecule has 0 saturated carbocycles. The number of hydrogen-bond donors (Lipinski definition) is 3. The minimum atomic E-state index is -5.08. The van der Waals surface area contributed by atoms with Crippen LogP contribution in [0.1, 0.15) is 39.9 Å². The van der Waals surface area contributed by atoms with Crippen molar-refractivity contribution in [3.63, 3.8) is 0 Å². The second-order valence-electron chi connectivity index (χ2n) is 6.96. The van der Waals surface area contributed by atoms with Crippen molar-refractivity contribution in [3.05, 3.63) is 18.1 Å². The fourth-order valence-corrected chi connectivity index (χ4v) is 1.90. The molecule has 0 atom stereocenters. The molecule has 0 aromatic carbocycles. The standard InChI is InChI=1S/C15H24N6O2.C2HF3O2/c1-11(2)10-21(13-5-8-18-12(9-17)19-13)20-14(22)23-15(3,4)6-7-16;3-2(4,5)1(6)7/h5,8,11H,6-7,10,16H2,1-4H3,(H,20,22);(H,6,7). The number of nitrogens with two attached hydrogens (primary N) is 1. The van der Waals surface area contributed by atoms with Gasteiger partial charge in [-0.05, 0) is 32.7 Å². The van der Waals surface area contributed by atoms with Crippen LogP contribution in [0.25, 0.3) is 0 Å². The predicted molar refractivity (Wildman–Crippen MR) is 100.0 cm³/mol. The van der Waals surface area contributed by atoms with E-state index in [9.17, 15) is 18.0 Å². The number of carbonyl (C=O) groups excluding carboxylic acids is 1. The van der Waals surface area contributed by atoms with Crippen LogP contribution >= 0.6 is 0 Å². The van der Waals surface area contributed by atoms with Crippen molar-refractivity contribution < 1.29 is 32.6 Å². The lowest BCUT2D eigenvalue weighted by Crippen LogP contribution is -2.47. The fraction of sp³-hybridized carbons (Fsp3) is 0.588. The van der Waals surface area contributed by atoms with E-state index in [1.165, 1.54) is 6.20 Å². The summed E-state index contributed by atoms with van der Waals surface area (Å²) in [6.07, 6.45) is -3.66. The first-order chi connectivity index (χ1) is 13.7. The van der Waals surface area contributed by atoms with Gasteiger partial charge in [-0.25, -0.2) is 20.0 Å². The normalized spacial score (nSPS) is 11.1. The van der Waals surface area contributed by atoms with Crippen LogP contribution in [0.4, 0.5) is 23.8 Å². The predicted octanol–water partition coefficient (Wildman–Crippen LogP) is 2.21. The summed E-state index contributed by atoms with van der Waals surface area (Å²) >= 11 is 0. The van der Waals surface area contributed by atoms with Gasteiger partial charge >= 0.3 is 18.2 Å². The third-order valence-electron chi connectivity index (χ3n) is 3.15. The van der Waals surface area contributed by atoms with Gasteiger partial charge in [0.1, 0.15) is 11.7 Å². The number of amides is 1. The van der Waals surface area contributed by atoms with Gasteiger partial charge in [0, 0.05) is 18.8 Å². The molecule has 0 fully saturated rings. The van der Waals surface area contributed by atoms with Gasteiger partial charge in [-0.15, -0.1) is 0 Å². The lowest BCUT2D eigenvalue weighted by atomic mass is 10.1. The summed E-state index contributed by atoms with van der Waals surface area (Å²) < 4.78 is 37.1. The summed E-state index contributed by atoms with van der Waals surface area (Å²) in [7, 11) is 0. The number of anilines is 1. The van der Waals surface area contributed by atoms with Crippen LogP contribution in [0.3, 0.4) is 0 Å². The van der Waals surface area contributed by atoms with Gasteiger partial charge in [-0.3, -0.25) is 5.01 Å². The maximum Gasteiger partial charge on any atom is 0.490 e. The van der Waals surface area contributed by atoms with Crippen molar-refractivity contribution in [3.8, 4) is 6.07 Å². The van der Waals surface area contributed by atoms with Crippen molar-refractivity contribution in [2.24, 2.45) is 11.7 Å². The quantitative estimate of drug-likeness (QED) is 0.548. The first-order valence-corrected chi connectivity index (χ1v) is 8.72. The fourth-order valence-electron chi connectivity index (χ4n) is 1.90. The molecule has 0 unspecified atom stereocenters. The van der Waals surface area contributed by atoms with Gasteiger partial charge in [0.2, 0.25) is 5.82 Å². The maximum absolute atomic E-state index is 12.1. The van der Waals surface area contributed by atoms with E-state index in [0.29, 0.717) is 25.3 Å². The van der Waals surface area contributed by atoms with Crippen LogP contribution in [-0.4, -0.2) is 52.0 Å². The van der Waals surface area contributed by atoms with E-state index in [0.717, 1.165) is 0 Å². The van der Waals surface area contributed by atoms with E-state index in [1.807, 2.05) is 19.9 Å². The molecule has 10 nitrogen and oxygen atoms in total. The average Bonchev–Trinajstić information content (AvgIpc) is 2.59. The van der Waals surface area contributed by atoms with Crippen LogP contribution in [0.15, 0.2) is 12.3 Å². The molecule has 1 amide bonds. The number of halogens is 3. The topological polar surface area (TPSA) is 154 Å². The Morgan fingerprint density at radius 3 is 2.40 bits per heavy atom. The zero-order valence-electron chi connectivity index (χ0n) is 17.0. The summed E-state index contributed by atoms with van der Waals surface area (Å²) in [6.45, 7) is 8.53. The minimum Gasteiger partial charge on any atom is -0.475 e. The zero-order chi connectivity index (χ0) is 23.5. The number of carboxylic acids is 1. The van der Waals surface area contributed by atoms with E-state index in [2.05, 4.69) is 15.4 Å². The molecule has 0 radical (unpaired) electrons. The third-order valence-corrected chi connectivity index (χ3v) is 3.15. The molecule has 30 heavy (non-hydrogen) atoms. The highest BCUT2D eigenvalue weighted by Gasteiger charge is 2.38. The van der Waals surface area contributed by atoms with Crippen LogP contribution < -0.4 is 16.2 Å². The summed E-state index contributed by atoms with van der Waals surface area (Å²) in [4.78, 5) is 28.9. The molecule has 1 aromatic heterocycles. The number of rotatable bonds is 7. The Hall–Kier alpha value is -3.14. The number of aromatic nitrogens is 2. The van der Waals surface area contributed by atoms with Crippen LogP contribution in [0.2, 0.25) is 0 Å². The van der Waals surface area contributed by atoms with Crippen molar-refractivity contribution >= 4 is 17.9 Å². The minimum absolute atomic E-state index is 0.0369. The van der Waals surface area contributed by atoms with E-state index in [1.54, 1.807) is 24.9 Å². The smallest absolute Gasteiger partial charge is 0.475 e. The van der Waals surface area contributed by atoms with Gasteiger partial charge in [0.05, 0.1) is 0 Å². The number of carbonyl (C=O) groups is 2. The Kier molecular flexibility index (Phi) is 10.5. The molecule has 168 valence electrons. The summed E-state index contributed by atoms with van der Waals surface area (Å²) in [5, 5.41) is 17.6. The number of ether oxygens (including phenoxy) is 1. The Morgan fingerprint density at radius 1 is 1.40 bits per heavy atom. The molecule has 0 spiro atoms. The van der Waals surface area contributed by atoms with Gasteiger partial charge in [0.15, 0.2) is 5.82 Å². The van der Waals surface area contributed by atoms with Gasteiger partial charge in [-0.1, -0.05) is 13.8 Å². The molecule has 0 aliphatic heterocycles. The SMILES string of the molecule is CC(C)CN(NC(=O)OC(C)(C)CCN)c1ccnc(C#N)n1.O=C(O)C(F)(F)F. The summed E-state index contributed by atoms with van der Waals surface area (Å²) in [6, 6.07) is 3.50. The number of alkyl halides is 3. The van der Waals surface area contributed by atoms with Gasteiger partial charge in [0.25, 0.3) is 0 Å². The molecule has 13 heteroatoms. The first-order valence-electron chi connectivity index (χ1n) is 8.72. The third kappa shape index (κ3) is 11.0. The number of hydrazine groups is 1. The van der Waals surface area contributed by atoms with Crippen LogP contribution in [-0.2, 0) is 9.53 Å². The Bertz CT molecular complexity index is 750. The highest BCUT2D eigenvalue weighted by atomic mass is 19.4. The molecular weight excluding hydrogens is 409 g/mol. The second kappa shape index (κ2) is 11.8. The van der Waals surface area contributed by atoms with Gasteiger partial charge in [-0.2, -0.15) is 23.4 Å². The number of nitrogens with zero attached hydrogens (tertiary/aromatic N) is 4. The molecular formula is C17H25F3N6O4. The Labute approximate surface area is 171 Å². The first kappa shape index (κ1) is 26.9. The van der Waals surface area contributed by atoms with Crippen molar-refractivity contribution in [2.45, 2.75) is 45.9 Å². The summed E-state index contributed by atoms with van der Waals surface area (Å²) in [5.74, 6) is -2.03. The molecule has 0 saturated heterocycles. The van der Waals surface area contributed by atoms with Crippen molar-refractivity contribution in [1.29, 1.82) is 5.26 Å². The van der Waals surface area contributed by atoms with E-state index >= 15 is 0 Å². The lowest BCUT2D eigenvalue weighted by Gasteiger charge is -2.29. The van der Waals surface area contributed by atoms with E-state index in [-0.39, 0.29) is 11.7 Å². The number of aliphatic carboxylic acids is 1. The molecule has 0 aliphatic rings. The lowest BCUT2D eigenvalue weighted by molar-refractivity contribution is -0.192. The van der Waals surface area contributed by atoms with Crippen molar-refractivity contribution in [1.82, 2.24) is 15.4 Å². The largest absolute Gasteiger partial charge is 0.490 e. The van der Waals surface area contributed by atoms with Crippen LogP contribution in [0, 0.1) is 17.2 Å².